The zero-order chi connectivity index (χ0) is 21.1. The maximum atomic E-state index is 13.0. The van der Waals surface area contributed by atoms with Crippen LogP contribution >= 0.6 is 0 Å². The molecule has 6 heteroatoms. The first-order chi connectivity index (χ1) is 15.1. The molecule has 2 heterocycles. The van der Waals surface area contributed by atoms with Crippen LogP contribution in [0.15, 0.2) is 46.4 Å². The summed E-state index contributed by atoms with van der Waals surface area (Å²) in [6.07, 6.45) is 7.47. The average Bonchev–Trinajstić information content (AvgIpc) is 3.41. The molecule has 0 saturated heterocycles. The standard InChI is InChI=1S/C25H21N3O3/c1-28-23(14-7-3-2-4-8-14)27-25-24(28)26-20(31-25)13-19-21(29)17-11-15-9-5-6-10-16(15)12-18(17)22(19)30/h5-6,9-14H,2-4,7-8H2,1H3. The number of Topliss-reactive ketones (excluding diaryl/α,β-unsaturated/α-hetero) is 2. The lowest BCUT2D eigenvalue weighted by atomic mass is 9.89. The van der Waals surface area contributed by atoms with Gasteiger partial charge in [-0.1, -0.05) is 43.5 Å². The van der Waals surface area contributed by atoms with Crippen molar-refractivity contribution in [1.29, 1.82) is 0 Å². The molecule has 0 radical (unpaired) electrons. The maximum absolute atomic E-state index is 13.0. The van der Waals surface area contributed by atoms with Gasteiger partial charge < -0.3 is 8.98 Å². The first kappa shape index (κ1) is 18.2. The van der Waals surface area contributed by atoms with Crippen molar-refractivity contribution < 1.29 is 14.0 Å². The Hall–Kier alpha value is -3.54. The Bertz CT molecular complexity index is 1360. The van der Waals surface area contributed by atoms with Crippen molar-refractivity contribution >= 4 is 39.8 Å². The first-order valence-corrected chi connectivity index (χ1v) is 10.8. The van der Waals surface area contributed by atoms with Crippen molar-refractivity contribution in [2.75, 3.05) is 0 Å². The number of oxazole rings is 1. The summed E-state index contributed by atoms with van der Waals surface area (Å²) >= 11 is 0. The van der Waals surface area contributed by atoms with Gasteiger partial charge in [0, 0.05) is 30.2 Å². The minimum atomic E-state index is -0.288. The number of rotatable bonds is 2. The Morgan fingerprint density at radius 3 is 2.23 bits per heavy atom. The number of aryl methyl sites for hydroxylation is 1. The van der Waals surface area contributed by atoms with Crippen molar-refractivity contribution in [2.45, 2.75) is 38.0 Å². The van der Waals surface area contributed by atoms with Gasteiger partial charge in [0.25, 0.3) is 5.71 Å². The number of hydrogen-bond acceptors (Lipinski definition) is 5. The van der Waals surface area contributed by atoms with Crippen LogP contribution in [0.1, 0.15) is 70.5 Å². The molecule has 0 atom stereocenters. The van der Waals surface area contributed by atoms with Crippen LogP contribution < -0.4 is 0 Å². The van der Waals surface area contributed by atoms with Crippen LogP contribution in [0, 0.1) is 0 Å². The van der Waals surface area contributed by atoms with E-state index in [2.05, 4.69) is 9.97 Å². The van der Waals surface area contributed by atoms with Crippen LogP contribution in [0.2, 0.25) is 0 Å². The van der Waals surface area contributed by atoms with Crippen molar-refractivity contribution in [2.24, 2.45) is 7.05 Å². The van der Waals surface area contributed by atoms with Crippen molar-refractivity contribution in [3.63, 3.8) is 0 Å². The highest BCUT2D eigenvalue weighted by atomic mass is 16.4. The Balaban J connectivity index is 1.38. The van der Waals surface area contributed by atoms with Gasteiger partial charge in [-0.2, -0.15) is 9.97 Å². The fourth-order valence-electron chi connectivity index (χ4n) is 4.95. The van der Waals surface area contributed by atoms with Crippen LogP contribution in [-0.2, 0) is 7.05 Å². The van der Waals surface area contributed by atoms with Gasteiger partial charge in [0.05, 0.1) is 5.57 Å². The Morgan fingerprint density at radius 1 is 0.968 bits per heavy atom. The molecule has 0 unspecified atom stereocenters. The summed E-state index contributed by atoms with van der Waals surface area (Å²) in [5.74, 6) is 1.10. The summed E-state index contributed by atoms with van der Waals surface area (Å²) < 4.78 is 7.81. The van der Waals surface area contributed by atoms with E-state index >= 15 is 0 Å². The van der Waals surface area contributed by atoms with Gasteiger partial charge >= 0.3 is 0 Å². The smallest absolute Gasteiger partial charge is 0.266 e. The number of carbonyl (C=O) groups excluding carboxylic acids is 2. The SMILES string of the molecule is Cn1c(C2CCCCC2)nc2oc(C=C3C(=O)c4cc5ccccc5cc4C3=O)nc21. The van der Waals surface area contributed by atoms with E-state index in [4.69, 9.17) is 4.42 Å². The van der Waals surface area contributed by atoms with Gasteiger partial charge in [-0.25, -0.2) is 0 Å². The number of benzene rings is 2. The van der Waals surface area contributed by atoms with E-state index < -0.39 is 0 Å². The zero-order valence-electron chi connectivity index (χ0n) is 17.2. The van der Waals surface area contributed by atoms with E-state index in [0.29, 0.717) is 28.4 Å². The lowest BCUT2D eigenvalue weighted by Gasteiger charge is -2.20. The fourth-order valence-corrected chi connectivity index (χ4v) is 4.95. The lowest BCUT2D eigenvalue weighted by Crippen LogP contribution is -2.10. The summed E-state index contributed by atoms with van der Waals surface area (Å²) in [5.41, 5.74) is 2.06. The number of nitrogens with zero attached hydrogens (tertiary/aromatic N) is 3. The number of aromatic nitrogens is 3. The van der Waals surface area contributed by atoms with Gasteiger partial charge in [-0.3, -0.25) is 9.59 Å². The third-order valence-corrected chi connectivity index (χ3v) is 6.59. The number of fused-ring (bicyclic) bond motifs is 3. The highest BCUT2D eigenvalue weighted by Crippen LogP contribution is 2.35. The van der Waals surface area contributed by atoms with Gasteiger partial charge in [-0.15, -0.1) is 0 Å². The molecule has 4 aromatic rings. The van der Waals surface area contributed by atoms with E-state index in [-0.39, 0.29) is 23.0 Å². The molecule has 2 aromatic heterocycles. The van der Waals surface area contributed by atoms with Crippen LogP contribution in [-0.4, -0.2) is 26.1 Å². The molecule has 31 heavy (non-hydrogen) atoms. The highest BCUT2D eigenvalue weighted by Gasteiger charge is 2.34. The normalized spacial score (nSPS) is 17.1. The molecular weight excluding hydrogens is 390 g/mol. The number of carbonyl (C=O) groups is 2. The molecule has 2 aliphatic rings. The topological polar surface area (TPSA) is 78.0 Å². The van der Waals surface area contributed by atoms with Gasteiger partial charge in [-0.05, 0) is 35.7 Å². The Labute approximate surface area is 178 Å². The summed E-state index contributed by atoms with van der Waals surface area (Å²) in [5, 5.41) is 1.87. The predicted molar refractivity (Wildman–Crippen MR) is 117 cm³/mol. The van der Waals surface area contributed by atoms with Crippen LogP contribution in [0.25, 0.3) is 28.2 Å². The van der Waals surface area contributed by atoms with Gasteiger partial charge in [0.2, 0.25) is 11.5 Å². The second kappa shape index (κ2) is 6.74. The molecule has 154 valence electrons. The number of hydrogen-bond donors (Lipinski definition) is 0. The number of ketones is 2. The van der Waals surface area contributed by atoms with Crippen LogP contribution in [0.4, 0.5) is 0 Å². The Kier molecular flexibility index (Phi) is 3.96. The largest absolute Gasteiger partial charge is 0.417 e. The third-order valence-electron chi connectivity index (χ3n) is 6.59. The number of allylic oxidation sites excluding steroid dienone is 1. The van der Waals surface area contributed by atoms with Crippen molar-refractivity contribution in [3.05, 3.63) is 64.8 Å². The van der Waals surface area contributed by atoms with E-state index in [1.807, 2.05) is 35.9 Å². The van der Waals surface area contributed by atoms with Gasteiger partial charge in [0.1, 0.15) is 5.82 Å². The molecule has 0 amide bonds. The monoisotopic (exact) mass is 411 g/mol. The molecule has 6 rings (SSSR count). The maximum Gasteiger partial charge on any atom is 0.266 e. The number of imidazole rings is 1. The Morgan fingerprint density at radius 2 is 1.61 bits per heavy atom. The molecule has 0 bridgehead atoms. The second-order valence-electron chi connectivity index (χ2n) is 8.51. The fraction of sp³-hybridized carbons (Fsp3) is 0.280. The predicted octanol–water partition coefficient (Wildman–Crippen LogP) is 5.22. The molecule has 2 aromatic carbocycles. The van der Waals surface area contributed by atoms with E-state index in [9.17, 15) is 9.59 Å². The summed E-state index contributed by atoms with van der Waals surface area (Å²) in [4.78, 5) is 35.1. The molecule has 0 spiro atoms. The van der Waals surface area contributed by atoms with Crippen molar-refractivity contribution in [1.82, 2.24) is 14.5 Å². The van der Waals surface area contributed by atoms with E-state index in [1.54, 1.807) is 12.1 Å². The molecule has 2 aliphatic carbocycles. The lowest BCUT2D eigenvalue weighted by molar-refractivity contribution is 0.0990. The molecular formula is C25H21N3O3. The summed E-state index contributed by atoms with van der Waals surface area (Å²) in [6, 6.07) is 11.3. The van der Waals surface area contributed by atoms with E-state index in [0.717, 1.165) is 29.4 Å². The molecule has 0 N–H and O–H groups in total. The minimum absolute atomic E-state index is 0.0874. The molecule has 1 fully saturated rings. The molecule has 6 nitrogen and oxygen atoms in total. The highest BCUT2D eigenvalue weighted by molar-refractivity contribution is 6.41. The van der Waals surface area contributed by atoms with Gasteiger partial charge in [0.15, 0.2) is 11.6 Å². The molecule has 0 aliphatic heterocycles. The summed E-state index contributed by atoms with van der Waals surface area (Å²) in [7, 11) is 1.95. The zero-order valence-corrected chi connectivity index (χ0v) is 17.2. The summed E-state index contributed by atoms with van der Waals surface area (Å²) in [6.45, 7) is 0. The third kappa shape index (κ3) is 2.78. The quantitative estimate of drug-likeness (QED) is 0.334. The molecule has 1 saturated carbocycles. The average molecular weight is 411 g/mol. The van der Waals surface area contributed by atoms with Crippen LogP contribution in [0.5, 0.6) is 0 Å². The van der Waals surface area contributed by atoms with Crippen molar-refractivity contribution in [3.8, 4) is 0 Å². The van der Waals surface area contributed by atoms with Crippen LogP contribution in [0.3, 0.4) is 0 Å². The first-order valence-electron chi connectivity index (χ1n) is 10.8. The minimum Gasteiger partial charge on any atom is -0.417 e. The van der Waals surface area contributed by atoms with E-state index in [1.165, 1.54) is 25.3 Å². The second-order valence-corrected chi connectivity index (χ2v) is 8.51.